The Morgan fingerprint density at radius 2 is 1.96 bits per heavy atom. The zero-order valence-corrected chi connectivity index (χ0v) is 16.7. The highest BCUT2D eigenvalue weighted by Gasteiger charge is 2.30. The molecule has 3 N–H and O–H groups in total. The van der Waals surface area contributed by atoms with Gasteiger partial charge in [0.25, 0.3) is 0 Å². The smallest absolute Gasteiger partial charge is 0.315 e. The largest absolute Gasteiger partial charge is 0.334 e. The summed E-state index contributed by atoms with van der Waals surface area (Å²) in [5, 5.41) is 13.3. The summed E-state index contributed by atoms with van der Waals surface area (Å²) in [6.45, 7) is 5.10. The Bertz CT molecular complexity index is 723. The molecule has 9 nitrogen and oxygen atoms in total. The molecule has 1 aromatic heterocycles. The van der Waals surface area contributed by atoms with Crippen LogP contribution in [0.5, 0.6) is 0 Å². The van der Waals surface area contributed by atoms with Crippen molar-refractivity contribution in [3.8, 4) is 0 Å². The molecule has 2 saturated heterocycles. The average molecular weight is 390 g/mol. The summed E-state index contributed by atoms with van der Waals surface area (Å²) in [7, 11) is 0. The van der Waals surface area contributed by atoms with Crippen LogP contribution in [0.15, 0.2) is 6.07 Å². The quantitative estimate of drug-likeness (QED) is 0.671. The molecule has 0 bridgehead atoms. The normalized spacial score (nSPS) is 23.1. The van der Waals surface area contributed by atoms with Gasteiger partial charge in [-0.25, -0.2) is 4.68 Å². The molecule has 2 aliphatic heterocycles. The van der Waals surface area contributed by atoms with E-state index in [0.717, 1.165) is 38.5 Å². The van der Waals surface area contributed by atoms with Crippen LogP contribution in [0.1, 0.15) is 63.9 Å². The lowest BCUT2D eigenvalue weighted by Gasteiger charge is -2.32. The number of nitrogens with one attached hydrogen (secondary N) is 3. The van der Waals surface area contributed by atoms with Crippen molar-refractivity contribution in [2.24, 2.45) is 0 Å². The van der Waals surface area contributed by atoms with Crippen molar-refractivity contribution < 1.29 is 14.4 Å². The van der Waals surface area contributed by atoms with Crippen molar-refractivity contribution in [1.82, 2.24) is 25.3 Å². The van der Waals surface area contributed by atoms with Crippen molar-refractivity contribution >= 4 is 23.5 Å². The van der Waals surface area contributed by atoms with Gasteiger partial charge in [0.1, 0.15) is 5.82 Å². The number of amides is 3. The zero-order chi connectivity index (χ0) is 20.1. The van der Waals surface area contributed by atoms with E-state index in [9.17, 15) is 14.4 Å². The van der Waals surface area contributed by atoms with Crippen LogP contribution in [0.2, 0.25) is 0 Å². The van der Waals surface area contributed by atoms with E-state index >= 15 is 0 Å². The van der Waals surface area contributed by atoms with E-state index in [1.165, 1.54) is 4.68 Å². The Hall–Kier alpha value is -2.42. The number of anilines is 1. The van der Waals surface area contributed by atoms with Gasteiger partial charge in [-0.3, -0.25) is 19.7 Å². The van der Waals surface area contributed by atoms with Crippen molar-refractivity contribution in [3.63, 3.8) is 0 Å². The molecule has 154 valence electrons. The van der Waals surface area contributed by atoms with Gasteiger partial charge in [-0.2, -0.15) is 5.10 Å². The molecule has 2 atom stereocenters. The highest BCUT2D eigenvalue weighted by atomic mass is 16.2. The first kappa shape index (κ1) is 20.3. The number of aromatic nitrogens is 2. The molecular formula is C19H30N6O3. The van der Waals surface area contributed by atoms with Crippen LogP contribution in [0.4, 0.5) is 5.82 Å². The Morgan fingerprint density at radius 1 is 1.25 bits per heavy atom. The van der Waals surface area contributed by atoms with Crippen molar-refractivity contribution in [2.75, 3.05) is 18.4 Å². The first-order valence-electron chi connectivity index (χ1n) is 10.2. The van der Waals surface area contributed by atoms with Gasteiger partial charge in [0.05, 0.1) is 5.69 Å². The number of carbonyl (C=O) groups is 3. The number of aryl methyl sites for hydroxylation is 1. The van der Waals surface area contributed by atoms with Gasteiger partial charge in [0, 0.05) is 31.6 Å². The number of carbonyl (C=O) groups excluding carboxylic acids is 3. The van der Waals surface area contributed by atoms with E-state index in [2.05, 4.69) is 28.0 Å². The Morgan fingerprint density at radius 3 is 2.64 bits per heavy atom. The van der Waals surface area contributed by atoms with Crippen LogP contribution in [0, 0.1) is 6.92 Å². The van der Waals surface area contributed by atoms with Crippen LogP contribution in [0.3, 0.4) is 0 Å². The van der Waals surface area contributed by atoms with E-state index in [0.29, 0.717) is 31.0 Å². The minimum atomic E-state index is -0.671. The predicted octanol–water partition coefficient (Wildman–Crippen LogP) is 1.27. The number of nitrogens with zero attached hydrogens (tertiary/aromatic N) is 3. The molecule has 0 aromatic carbocycles. The van der Waals surface area contributed by atoms with Crippen molar-refractivity contribution in [2.45, 2.75) is 71.1 Å². The molecule has 3 heterocycles. The third kappa shape index (κ3) is 4.89. The second-order valence-corrected chi connectivity index (χ2v) is 7.60. The van der Waals surface area contributed by atoms with Crippen LogP contribution >= 0.6 is 0 Å². The minimum absolute atomic E-state index is 0.0514. The van der Waals surface area contributed by atoms with Gasteiger partial charge >= 0.3 is 11.8 Å². The van der Waals surface area contributed by atoms with Crippen LogP contribution in [0.25, 0.3) is 0 Å². The van der Waals surface area contributed by atoms with Gasteiger partial charge < -0.3 is 15.5 Å². The Balaban J connectivity index is 1.71. The highest BCUT2D eigenvalue weighted by Crippen LogP contribution is 2.19. The fourth-order valence-electron chi connectivity index (χ4n) is 3.82. The summed E-state index contributed by atoms with van der Waals surface area (Å²) in [6.07, 6.45) is 5.71. The topological polar surface area (TPSA) is 108 Å². The number of rotatable bonds is 4. The second kappa shape index (κ2) is 9.18. The zero-order valence-electron chi connectivity index (χ0n) is 16.7. The molecule has 0 spiro atoms. The average Bonchev–Trinajstić information content (AvgIpc) is 2.84. The summed E-state index contributed by atoms with van der Waals surface area (Å²) in [6, 6.07) is 1.75. The summed E-state index contributed by atoms with van der Waals surface area (Å²) in [5.41, 5.74) is 0.686. The molecule has 0 aliphatic carbocycles. The van der Waals surface area contributed by atoms with E-state index in [1.54, 1.807) is 17.9 Å². The van der Waals surface area contributed by atoms with Gasteiger partial charge in [-0.15, -0.1) is 0 Å². The molecule has 2 unspecified atom stereocenters. The molecule has 28 heavy (non-hydrogen) atoms. The van der Waals surface area contributed by atoms with Crippen LogP contribution < -0.4 is 16.0 Å². The fourth-order valence-corrected chi connectivity index (χ4v) is 3.82. The summed E-state index contributed by atoms with van der Waals surface area (Å²) in [5.74, 6) is -0.860. The molecule has 0 radical (unpaired) electrons. The molecule has 0 saturated carbocycles. The van der Waals surface area contributed by atoms with Gasteiger partial charge in [-0.05, 0) is 26.2 Å². The summed E-state index contributed by atoms with van der Waals surface area (Å²) < 4.78 is 1.53. The SMILES string of the molecule is CCCC1CC(=O)NC(n2nc(C)cc2NC(=O)C(=O)N2CCCCCC2)N1. The summed E-state index contributed by atoms with van der Waals surface area (Å²) >= 11 is 0. The second-order valence-electron chi connectivity index (χ2n) is 7.60. The molecule has 2 aliphatic rings. The molecule has 1 aromatic rings. The van der Waals surface area contributed by atoms with Gasteiger partial charge in [-0.1, -0.05) is 26.2 Å². The van der Waals surface area contributed by atoms with E-state index in [-0.39, 0.29) is 11.9 Å². The van der Waals surface area contributed by atoms with Crippen LogP contribution in [-0.4, -0.2) is 51.5 Å². The maximum Gasteiger partial charge on any atom is 0.315 e. The first-order chi connectivity index (χ1) is 13.5. The van der Waals surface area contributed by atoms with Crippen LogP contribution in [-0.2, 0) is 14.4 Å². The Labute approximate surface area is 165 Å². The summed E-state index contributed by atoms with van der Waals surface area (Å²) in [4.78, 5) is 38.8. The molecular weight excluding hydrogens is 360 g/mol. The fraction of sp³-hybridized carbons (Fsp3) is 0.684. The maximum absolute atomic E-state index is 12.5. The lowest BCUT2D eigenvalue weighted by Crippen LogP contribution is -2.53. The molecule has 9 heteroatoms. The predicted molar refractivity (Wildman–Crippen MR) is 104 cm³/mol. The number of hydrogen-bond donors (Lipinski definition) is 3. The molecule has 3 amide bonds. The van der Waals surface area contributed by atoms with E-state index in [1.807, 2.05) is 0 Å². The highest BCUT2D eigenvalue weighted by molar-refractivity contribution is 6.39. The molecule has 3 rings (SSSR count). The lowest BCUT2D eigenvalue weighted by atomic mass is 10.1. The maximum atomic E-state index is 12.5. The monoisotopic (exact) mass is 390 g/mol. The Kier molecular flexibility index (Phi) is 6.66. The molecule has 2 fully saturated rings. The van der Waals surface area contributed by atoms with Crippen molar-refractivity contribution in [1.29, 1.82) is 0 Å². The van der Waals surface area contributed by atoms with Crippen molar-refractivity contribution in [3.05, 3.63) is 11.8 Å². The van der Waals surface area contributed by atoms with E-state index in [4.69, 9.17) is 0 Å². The number of hydrogen-bond acceptors (Lipinski definition) is 5. The van der Waals surface area contributed by atoms with E-state index < -0.39 is 18.1 Å². The third-order valence-electron chi connectivity index (χ3n) is 5.19. The minimum Gasteiger partial charge on any atom is -0.334 e. The van der Waals surface area contributed by atoms with Gasteiger partial charge in [0.2, 0.25) is 5.91 Å². The first-order valence-corrected chi connectivity index (χ1v) is 10.2. The standard InChI is InChI=1S/C19H30N6O3/c1-3-8-14-12-16(26)22-19(20-14)25-15(11-13(2)23-25)21-17(27)18(28)24-9-6-4-5-7-10-24/h11,14,19-20H,3-10,12H2,1-2H3,(H,21,27)(H,22,26). The lowest BCUT2D eigenvalue weighted by molar-refractivity contribution is -0.143. The number of likely N-dealkylation sites (tertiary alicyclic amines) is 1. The third-order valence-corrected chi connectivity index (χ3v) is 5.19. The van der Waals surface area contributed by atoms with Gasteiger partial charge in [0.15, 0.2) is 6.29 Å².